The van der Waals surface area contributed by atoms with Gasteiger partial charge in [-0.2, -0.15) is 0 Å². The molecular formula is C19H22Cl2N4O. The van der Waals surface area contributed by atoms with E-state index in [0.717, 1.165) is 29.6 Å². The van der Waals surface area contributed by atoms with Crippen molar-refractivity contribution in [2.75, 3.05) is 6.54 Å². The molecule has 1 fully saturated rings. The Bertz CT molecular complexity index is 875. The topological polar surface area (TPSA) is 72.9 Å². The van der Waals surface area contributed by atoms with Crippen LogP contribution < -0.4 is 11.1 Å². The van der Waals surface area contributed by atoms with Gasteiger partial charge in [0.1, 0.15) is 6.33 Å². The largest absolute Gasteiger partial charge is 0.348 e. The lowest BCUT2D eigenvalue weighted by molar-refractivity contribution is 0.0933. The Labute approximate surface area is 164 Å². The summed E-state index contributed by atoms with van der Waals surface area (Å²) in [6, 6.07) is 15.7. The Morgan fingerprint density at radius 2 is 1.85 bits per heavy atom. The summed E-state index contributed by atoms with van der Waals surface area (Å²) in [5.74, 6) is 0.495. The van der Waals surface area contributed by atoms with E-state index < -0.39 is 0 Å². The highest BCUT2D eigenvalue weighted by Gasteiger charge is 2.31. The summed E-state index contributed by atoms with van der Waals surface area (Å²) in [6.07, 6.45) is 4.13. The molecule has 1 amide bonds. The number of fused-ring (bicyclic) bond motifs is 1. The Hall–Kier alpha value is -2.08. The molecule has 138 valence electrons. The predicted octanol–water partition coefficient (Wildman–Crippen LogP) is 3.34. The lowest BCUT2D eigenvalue weighted by Crippen LogP contribution is -2.41. The fourth-order valence-corrected chi connectivity index (χ4v) is 3.06. The van der Waals surface area contributed by atoms with Crippen LogP contribution in [0.1, 0.15) is 23.2 Å². The highest BCUT2D eigenvalue weighted by molar-refractivity contribution is 5.94. The van der Waals surface area contributed by atoms with Crippen LogP contribution in [0.5, 0.6) is 0 Å². The third kappa shape index (κ3) is 4.01. The molecule has 4 rings (SSSR count). The third-order valence-corrected chi connectivity index (χ3v) is 4.62. The SMILES string of the molecule is Cl.Cl.NCC(NC(=O)c1ccc(-n2cnc3ccccc32)cc1)C1CC1. The average Bonchev–Trinajstić information content (AvgIpc) is 3.38. The number of hydrogen-bond acceptors (Lipinski definition) is 3. The van der Waals surface area contributed by atoms with Gasteiger partial charge in [-0.15, -0.1) is 24.8 Å². The van der Waals surface area contributed by atoms with Crippen molar-refractivity contribution in [2.24, 2.45) is 11.7 Å². The first-order valence-corrected chi connectivity index (χ1v) is 8.30. The van der Waals surface area contributed by atoms with E-state index in [2.05, 4.69) is 10.3 Å². The second-order valence-electron chi connectivity index (χ2n) is 6.30. The minimum Gasteiger partial charge on any atom is -0.348 e. The van der Waals surface area contributed by atoms with Crippen LogP contribution in [0.4, 0.5) is 0 Å². The van der Waals surface area contributed by atoms with Gasteiger partial charge in [-0.05, 0) is 55.2 Å². The minimum absolute atomic E-state index is 0. The Balaban J connectivity index is 0.00000121. The molecule has 0 saturated heterocycles. The van der Waals surface area contributed by atoms with E-state index in [4.69, 9.17) is 5.73 Å². The maximum absolute atomic E-state index is 12.4. The van der Waals surface area contributed by atoms with Gasteiger partial charge in [0.2, 0.25) is 0 Å². The number of nitrogens with zero attached hydrogens (tertiary/aromatic N) is 2. The Kier molecular flexibility index (Phi) is 6.64. The van der Waals surface area contributed by atoms with Crippen molar-refractivity contribution in [1.29, 1.82) is 0 Å². The number of carbonyl (C=O) groups is 1. The van der Waals surface area contributed by atoms with E-state index in [-0.39, 0.29) is 36.8 Å². The molecule has 1 atom stereocenters. The lowest BCUT2D eigenvalue weighted by Gasteiger charge is -2.16. The molecule has 1 unspecified atom stereocenters. The molecule has 7 heteroatoms. The quantitative estimate of drug-likeness (QED) is 0.699. The van der Waals surface area contributed by atoms with Crippen LogP contribution in [0.25, 0.3) is 16.7 Å². The summed E-state index contributed by atoms with van der Waals surface area (Å²) in [6.45, 7) is 0.496. The number of hydrogen-bond donors (Lipinski definition) is 2. The third-order valence-electron chi connectivity index (χ3n) is 4.62. The van der Waals surface area contributed by atoms with E-state index in [1.54, 1.807) is 6.33 Å². The second kappa shape index (κ2) is 8.54. The van der Waals surface area contributed by atoms with Crippen molar-refractivity contribution >= 4 is 41.8 Å². The molecule has 3 N–H and O–H groups in total. The second-order valence-corrected chi connectivity index (χ2v) is 6.30. The summed E-state index contributed by atoms with van der Waals surface area (Å²) in [7, 11) is 0. The zero-order chi connectivity index (χ0) is 16.5. The van der Waals surface area contributed by atoms with Crippen molar-refractivity contribution in [2.45, 2.75) is 18.9 Å². The van der Waals surface area contributed by atoms with E-state index in [1.165, 1.54) is 0 Å². The molecule has 5 nitrogen and oxygen atoms in total. The van der Waals surface area contributed by atoms with E-state index in [9.17, 15) is 4.79 Å². The standard InChI is InChI=1S/C19H20N4O.2ClH/c20-11-17(13-5-6-13)22-19(24)14-7-9-15(10-8-14)23-12-21-16-3-1-2-4-18(16)23;;/h1-4,7-10,12-13,17H,5-6,11,20H2,(H,22,24);2*1H. The number of para-hydroxylation sites is 2. The first-order valence-electron chi connectivity index (χ1n) is 8.30. The lowest BCUT2D eigenvalue weighted by atomic mass is 10.1. The number of rotatable bonds is 5. The summed E-state index contributed by atoms with van der Waals surface area (Å²) in [4.78, 5) is 16.8. The van der Waals surface area contributed by atoms with Crippen LogP contribution in [-0.4, -0.2) is 28.0 Å². The van der Waals surface area contributed by atoms with Gasteiger partial charge in [-0.1, -0.05) is 12.1 Å². The predicted molar refractivity (Wildman–Crippen MR) is 109 cm³/mol. The number of amides is 1. The van der Waals surface area contributed by atoms with Crippen LogP contribution in [-0.2, 0) is 0 Å². The fraction of sp³-hybridized carbons (Fsp3) is 0.263. The molecule has 0 aliphatic heterocycles. The summed E-state index contributed by atoms with van der Waals surface area (Å²) in [5, 5.41) is 3.05. The molecule has 26 heavy (non-hydrogen) atoms. The number of aromatic nitrogens is 2. The molecule has 1 saturated carbocycles. The summed E-state index contributed by atoms with van der Waals surface area (Å²) in [5.41, 5.74) is 9.40. The summed E-state index contributed by atoms with van der Waals surface area (Å²) >= 11 is 0. The van der Waals surface area contributed by atoms with Gasteiger partial charge in [-0.3, -0.25) is 9.36 Å². The van der Waals surface area contributed by atoms with Crippen LogP contribution in [0.2, 0.25) is 0 Å². The smallest absolute Gasteiger partial charge is 0.251 e. The first-order chi connectivity index (χ1) is 11.8. The molecule has 2 aromatic carbocycles. The summed E-state index contributed by atoms with van der Waals surface area (Å²) < 4.78 is 2.02. The minimum atomic E-state index is -0.0561. The van der Waals surface area contributed by atoms with Crippen molar-refractivity contribution in [1.82, 2.24) is 14.9 Å². The van der Waals surface area contributed by atoms with E-state index in [1.807, 2.05) is 53.1 Å². The van der Waals surface area contributed by atoms with Gasteiger partial charge in [0, 0.05) is 23.8 Å². The average molecular weight is 393 g/mol. The van der Waals surface area contributed by atoms with Crippen LogP contribution in [0, 0.1) is 5.92 Å². The number of carbonyl (C=O) groups excluding carboxylic acids is 1. The molecule has 0 bridgehead atoms. The van der Waals surface area contributed by atoms with Gasteiger partial charge in [0.05, 0.1) is 11.0 Å². The molecule has 0 spiro atoms. The van der Waals surface area contributed by atoms with Crippen molar-refractivity contribution in [3.8, 4) is 5.69 Å². The van der Waals surface area contributed by atoms with Crippen molar-refractivity contribution in [3.63, 3.8) is 0 Å². The molecular weight excluding hydrogens is 371 g/mol. The number of imidazole rings is 1. The monoisotopic (exact) mass is 392 g/mol. The number of benzene rings is 2. The normalized spacial score (nSPS) is 14.2. The first kappa shape index (κ1) is 20.2. The number of halogens is 2. The van der Waals surface area contributed by atoms with Crippen molar-refractivity contribution < 1.29 is 4.79 Å². The Morgan fingerprint density at radius 3 is 2.50 bits per heavy atom. The number of nitrogens with two attached hydrogens (primary N) is 1. The molecule has 1 heterocycles. The molecule has 1 aromatic heterocycles. The van der Waals surface area contributed by atoms with Gasteiger partial charge >= 0.3 is 0 Å². The number of nitrogens with one attached hydrogen (secondary N) is 1. The van der Waals surface area contributed by atoms with Gasteiger partial charge < -0.3 is 11.1 Å². The van der Waals surface area contributed by atoms with Gasteiger partial charge in [0.25, 0.3) is 5.91 Å². The van der Waals surface area contributed by atoms with Crippen LogP contribution in [0.3, 0.4) is 0 Å². The maximum atomic E-state index is 12.4. The highest BCUT2D eigenvalue weighted by atomic mass is 35.5. The highest BCUT2D eigenvalue weighted by Crippen LogP contribution is 2.32. The van der Waals surface area contributed by atoms with E-state index in [0.29, 0.717) is 18.0 Å². The fourth-order valence-electron chi connectivity index (χ4n) is 3.06. The zero-order valence-electron chi connectivity index (χ0n) is 14.2. The van der Waals surface area contributed by atoms with Crippen LogP contribution in [0.15, 0.2) is 54.9 Å². The van der Waals surface area contributed by atoms with E-state index >= 15 is 0 Å². The van der Waals surface area contributed by atoms with Gasteiger partial charge in [-0.25, -0.2) is 4.98 Å². The molecule has 3 aromatic rings. The zero-order valence-corrected chi connectivity index (χ0v) is 15.8. The van der Waals surface area contributed by atoms with Gasteiger partial charge in [0.15, 0.2) is 0 Å². The van der Waals surface area contributed by atoms with Crippen LogP contribution >= 0.6 is 24.8 Å². The Morgan fingerprint density at radius 1 is 1.15 bits per heavy atom. The van der Waals surface area contributed by atoms with Crippen molar-refractivity contribution in [3.05, 3.63) is 60.4 Å². The molecule has 1 aliphatic rings. The molecule has 0 radical (unpaired) electrons. The molecule has 1 aliphatic carbocycles. The maximum Gasteiger partial charge on any atom is 0.251 e.